The number of nitrogens with zero attached hydrogens (tertiary/aromatic N) is 2. The maximum atomic E-state index is 5.79. The van der Waals surface area contributed by atoms with E-state index in [0.717, 1.165) is 31.8 Å². The first-order chi connectivity index (χ1) is 8.15. The van der Waals surface area contributed by atoms with Crippen LogP contribution in [0.5, 0.6) is 0 Å². The molecule has 0 aromatic carbocycles. The third-order valence-electron chi connectivity index (χ3n) is 2.95. The van der Waals surface area contributed by atoms with Gasteiger partial charge in [0, 0.05) is 31.4 Å². The second-order valence-corrected chi connectivity index (χ2v) is 5.03. The molecule has 2 rings (SSSR count). The number of pyridine rings is 1. The molecular formula is C13H21N3O. The van der Waals surface area contributed by atoms with Crippen LogP contribution < -0.4 is 5.73 Å². The van der Waals surface area contributed by atoms with E-state index >= 15 is 0 Å². The van der Waals surface area contributed by atoms with Crippen molar-refractivity contribution in [2.75, 3.05) is 32.0 Å². The third kappa shape index (κ3) is 3.41. The molecule has 1 fully saturated rings. The molecule has 1 aliphatic heterocycles. The fraction of sp³-hybridized carbons (Fsp3) is 0.615. The predicted molar refractivity (Wildman–Crippen MR) is 68.6 cm³/mol. The highest BCUT2D eigenvalue weighted by Gasteiger charge is 2.22. The lowest BCUT2D eigenvalue weighted by Gasteiger charge is -2.34. The van der Waals surface area contributed by atoms with Gasteiger partial charge in [-0.2, -0.15) is 0 Å². The van der Waals surface area contributed by atoms with Crippen LogP contribution in [0, 0.1) is 5.92 Å². The molecule has 1 aromatic rings. The van der Waals surface area contributed by atoms with Gasteiger partial charge in [0.1, 0.15) is 5.82 Å². The molecule has 1 aliphatic rings. The van der Waals surface area contributed by atoms with E-state index in [2.05, 4.69) is 23.7 Å². The summed E-state index contributed by atoms with van der Waals surface area (Å²) in [4.78, 5) is 6.57. The topological polar surface area (TPSA) is 51.4 Å². The number of hydrogen-bond donors (Lipinski definition) is 1. The normalized spacial score (nSPS) is 21.9. The summed E-state index contributed by atoms with van der Waals surface area (Å²) in [6, 6.07) is 3.84. The minimum atomic E-state index is 0.135. The van der Waals surface area contributed by atoms with Crippen molar-refractivity contribution in [3.8, 4) is 0 Å². The highest BCUT2D eigenvalue weighted by atomic mass is 16.5. The molecule has 0 amide bonds. The number of nitrogen functional groups attached to an aromatic ring is 1. The SMILES string of the molecule is CC(C)CN1CCO[C@@H](c2ccc(N)nc2)C1. The molecule has 2 heterocycles. The second-order valence-electron chi connectivity index (χ2n) is 5.03. The summed E-state index contributed by atoms with van der Waals surface area (Å²) in [5.74, 6) is 1.25. The van der Waals surface area contributed by atoms with Gasteiger partial charge in [0.05, 0.1) is 12.7 Å². The van der Waals surface area contributed by atoms with Gasteiger partial charge >= 0.3 is 0 Å². The van der Waals surface area contributed by atoms with E-state index in [1.165, 1.54) is 0 Å². The predicted octanol–water partition coefficient (Wildman–Crippen LogP) is 1.69. The van der Waals surface area contributed by atoms with E-state index in [1.807, 2.05) is 18.3 Å². The lowest BCUT2D eigenvalue weighted by atomic mass is 10.1. The molecule has 4 nitrogen and oxygen atoms in total. The highest BCUT2D eigenvalue weighted by molar-refractivity contribution is 5.30. The van der Waals surface area contributed by atoms with Gasteiger partial charge in [-0.25, -0.2) is 4.98 Å². The molecule has 17 heavy (non-hydrogen) atoms. The monoisotopic (exact) mass is 235 g/mol. The molecule has 0 unspecified atom stereocenters. The van der Waals surface area contributed by atoms with Gasteiger partial charge in [-0.05, 0) is 12.0 Å². The quantitative estimate of drug-likeness (QED) is 0.866. The number of anilines is 1. The first kappa shape index (κ1) is 12.3. The fourth-order valence-electron chi connectivity index (χ4n) is 2.19. The Kier molecular flexibility index (Phi) is 3.97. The van der Waals surface area contributed by atoms with Crippen LogP contribution in [-0.4, -0.2) is 36.1 Å². The summed E-state index contributed by atoms with van der Waals surface area (Å²) in [6.07, 6.45) is 1.95. The van der Waals surface area contributed by atoms with E-state index in [9.17, 15) is 0 Å². The van der Waals surface area contributed by atoms with Gasteiger partial charge in [0.2, 0.25) is 0 Å². The van der Waals surface area contributed by atoms with Gasteiger partial charge in [-0.3, -0.25) is 4.90 Å². The van der Waals surface area contributed by atoms with Gasteiger partial charge in [-0.15, -0.1) is 0 Å². The van der Waals surface area contributed by atoms with Crippen LogP contribution >= 0.6 is 0 Å². The lowest BCUT2D eigenvalue weighted by Crippen LogP contribution is -2.40. The van der Waals surface area contributed by atoms with Crippen molar-refractivity contribution in [1.29, 1.82) is 0 Å². The first-order valence-corrected chi connectivity index (χ1v) is 6.20. The van der Waals surface area contributed by atoms with Crippen LogP contribution in [-0.2, 0) is 4.74 Å². The minimum absolute atomic E-state index is 0.135. The van der Waals surface area contributed by atoms with Gasteiger partial charge < -0.3 is 10.5 Å². The number of nitrogens with two attached hydrogens (primary N) is 1. The molecule has 0 saturated carbocycles. The summed E-state index contributed by atoms with van der Waals surface area (Å²) < 4.78 is 5.79. The molecule has 2 N–H and O–H groups in total. The Labute approximate surface area is 103 Å². The van der Waals surface area contributed by atoms with Crippen molar-refractivity contribution in [2.24, 2.45) is 5.92 Å². The smallest absolute Gasteiger partial charge is 0.123 e. The molecule has 1 aromatic heterocycles. The van der Waals surface area contributed by atoms with Gasteiger partial charge in [0.15, 0.2) is 0 Å². The van der Waals surface area contributed by atoms with Crippen LogP contribution in [0.4, 0.5) is 5.82 Å². The highest BCUT2D eigenvalue weighted by Crippen LogP contribution is 2.22. The van der Waals surface area contributed by atoms with Crippen molar-refractivity contribution in [1.82, 2.24) is 9.88 Å². The standard InChI is InChI=1S/C13H21N3O/c1-10(2)8-16-5-6-17-12(9-16)11-3-4-13(14)15-7-11/h3-4,7,10,12H,5-6,8-9H2,1-2H3,(H2,14,15)/t12-/m1/s1. The van der Waals surface area contributed by atoms with E-state index in [4.69, 9.17) is 10.5 Å². The Bertz CT molecular complexity index is 350. The molecule has 0 radical (unpaired) electrons. The van der Waals surface area contributed by atoms with E-state index in [1.54, 1.807) is 0 Å². The Morgan fingerprint density at radius 1 is 1.53 bits per heavy atom. The van der Waals surface area contributed by atoms with Crippen molar-refractivity contribution in [3.63, 3.8) is 0 Å². The first-order valence-electron chi connectivity index (χ1n) is 6.20. The molecule has 0 aliphatic carbocycles. The Hall–Kier alpha value is -1.13. The molecule has 4 heteroatoms. The minimum Gasteiger partial charge on any atom is -0.384 e. The van der Waals surface area contributed by atoms with Crippen LogP contribution in [0.1, 0.15) is 25.5 Å². The maximum Gasteiger partial charge on any atom is 0.123 e. The number of rotatable bonds is 3. The molecule has 94 valence electrons. The Morgan fingerprint density at radius 2 is 2.35 bits per heavy atom. The molecular weight excluding hydrogens is 214 g/mol. The zero-order chi connectivity index (χ0) is 12.3. The number of morpholine rings is 1. The van der Waals surface area contributed by atoms with Crippen molar-refractivity contribution in [2.45, 2.75) is 20.0 Å². The third-order valence-corrected chi connectivity index (χ3v) is 2.95. The van der Waals surface area contributed by atoms with Gasteiger partial charge in [0.25, 0.3) is 0 Å². The summed E-state index contributed by atoms with van der Waals surface area (Å²) >= 11 is 0. The van der Waals surface area contributed by atoms with Crippen molar-refractivity contribution in [3.05, 3.63) is 23.9 Å². The van der Waals surface area contributed by atoms with Crippen LogP contribution in [0.3, 0.4) is 0 Å². The van der Waals surface area contributed by atoms with Crippen molar-refractivity contribution < 1.29 is 4.74 Å². The fourth-order valence-corrected chi connectivity index (χ4v) is 2.19. The number of hydrogen-bond acceptors (Lipinski definition) is 4. The molecule has 0 spiro atoms. The number of ether oxygens (including phenoxy) is 1. The van der Waals surface area contributed by atoms with E-state index in [-0.39, 0.29) is 6.10 Å². The molecule has 1 atom stereocenters. The van der Waals surface area contributed by atoms with Crippen LogP contribution in [0.2, 0.25) is 0 Å². The zero-order valence-corrected chi connectivity index (χ0v) is 10.6. The summed E-state index contributed by atoms with van der Waals surface area (Å²) in [7, 11) is 0. The maximum absolute atomic E-state index is 5.79. The largest absolute Gasteiger partial charge is 0.384 e. The molecule has 1 saturated heterocycles. The number of aromatic nitrogens is 1. The lowest BCUT2D eigenvalue weighted by molar-refractivity contribution is -0.0333. The Balaban J connectivity index is 1.99. The van der Waals surface area contributed by atoms with Crippen LogP contribution in [0.15, 0.2) is 18.3 Å². The zero-order valence-electron chi connectivity index (χ0n) is 10.6. The van der Waals surface area contributed by atoms with Crippen LogP contribution in [0.25, 0.3) is 0 Å². The Morgan fingerprint density at radius 3 is 3.00 bits per heavy atom. The average molecular weight is 235 g/mol. The van der Waals surface area contributed by atoms with E-state index in [0.29, 0.717) is 11.7 Å². The average Bonchev–Trinajstić information content (AvgIpc) is 2.29. The second kappa shape index (κ2) is 5.47. The summed E-state index contributed by atoms with van der Waals surface area (Å²) in [5, 5.41) is 0. The molecule has 0 bridgehead atoms. The summed E-state index contributed by atoms with van der Waals surface area (Å²) in [6.45, 7) is 8.38. The van der Waals surface area contributed by atoms with Gasteiger partial charge in [-0.1, -0.05) is 19.9 Å². The van der Waals surface area contributed by atoms with Crippen molar-refractivity contribution >= 4 is 5.82 Å². The van der Waals surface area contributed by atoms with E-state index < -0.39 is 0 Å². The summed E-state index contributed by atoms with van der Waals surface area (Å²) in [5.41, 5.74) is 6.71.